The zero-order valence-electron chi connectivity index (χ0n) is 11.3. The van der Waals surface area contributed by atoms with E-state index < -0.39 is 15.1 Å². The number of rotatable bonds is 4. The van der Waals surface area contributed by atoms with Gasteiger partial charge in [0, 0.05) is 13.1 Å². The summed E-state index contributed by atoms with van der Waals surface area (Å²) in [5.74, 6) is -0.261. The van der Waals surface area contributed by atoms with Crippen molar-refractivity contribution in [3.05, 3.63) is 35.4 Å². The van der Waals surface area contributed by atoms with Gasteiger partial charge in [-0.15, -0.1) is 0 Å². The summed E-state index contributed by atoms with van der Waals surface area (Å²) in [5, 5.41) is 1.84. The van der Waals surface area contributed by atoms with Gasteiger partial charge in [-0.05, 0) is 24.0 Å². The Hall–Kier alpha value is -1.40. The Balaban J connectivity index is 1.94. The van der Waals surface area contributed by atoms with Gasteiger partial charge in [0.2, 0.25) is 5.91 Å². The molecule has 1 aromatic carbocycles. The number of nitrogens with one attached hydrogen (secondary N) is 1. The van der Waals surface area contributed by atoms with Crippen molar-refractivity contribution in [2.45, 2.75) is 37.6 Å². The Kier molecular flexibility index (Phi) is 4.77. The van der Waals surface area contributed by atoms with Crippen LogP contribution in [-0.2, 0) is 27.7 Å². The van der Waals surface area contributed by atoms with E-state index in [4.69, 9.17) is 5.73 Å². The summed E-state index contributed by atoms with van der Waals surface area (Å²) in [6.45, 7) is 0.822. The fourth-order valence-corrected chi connectivity index (χ4v) is 4.17. The molecule has 1 aromatic rings. The number of sulfone groups is 1. The molecule has 0 saturated carbocycles. The minimum absolute atomic E-state index is 0.121. The molecule has 1 aliphatic rings. The highest BCUT2D eigenvalue weighted by molar-refractivity contribution is 7.92. The summed E-state index contributed by atoms with van der Waals surface area (Å²) >= 11 is 0. The van der Waals surface area contributed by atoms with Crippen LogP contribution in [0.5, 0.6) is 0 Å². The van der Waals surface area contributed by atoms with E-state index in [1.54, 1.807) is 0 Å². The van der Waals surface area contributed by atoms with Gasteiger partial charge in [-0.1, -0.05) is 30.7 Å². The van der Waals surface area contributed by atoms with E-state index in [9.17, 15) is 13.2 Å². The zero-order valence-corrected chi connectivity index (χ0v) is 12.2. The van der Waals surface area contributed by atoms with Gasteiger partial charge < -0.3 is 11.1 Å². The average Bonchev–Trinajstić information content (AvgIpc) is 2.45. The lowest BCUT2D eigenvalue weighted by molar-refractivity contribution is -0.121. The summed E-state index contributed by atoms with van der Waals surface area (Å²) in [5.41, 5.74) is 7.47. The quantitative estimate of drug-likeness (QED) is 0.857. The van der Waals surface area contributed by atoms with Crippen molar-refractivity contribution < 1.29 is 13.2 Å². The maximum Gasteiger partial charge on any atom is 0.238 e. The minimum Gasteiger partial charge on any atom is -0.351 e. The molecule has 5 nitrogen and oxygen atoms in total. The summed E-state index contributed by atoms with van der Waals surface area (Å²) in [6, 6.07) is 7.58. The smallest absolute Gasteiger partial charge is 0.238 e. The number of carbonyl (C=O) groups is 1. The Morgan fingerprint density at radius 2 is 1.85 bits per heavy atom. The molecule has 0 bridgehead atoms. The van der Waals surface area contributed by atoms with Gasteiger partial charge in [-0.25, -0.2) is 8.42 Å². The molecule has 1 heterocycles. The van der Waals surface area contributed by atoms with Gasteiger partial charge in [0.1, 0.15) is 5.25 Å². The summed E-state index contributed by atoms with van der Waals surface area (Å²) in [4.78, 5) is 12.0. The monoisotopic (exact) mass is 296 g/mol. The van der Waals surface area contributed by atoms with Crippen LogP contribution in [0, 0.1) is 0 Å². The van der Waals surface area contributed by atoms with Crippen LogP contribution in [0.15, 0.2) is 24.3 Å². The van der Waals surface area contributed by atoms with E-state index in [1.165, 1.54) is 0 Å². The highest BCUT2D eigenvalue weighted by Gasteiger charge is 2.34. The topological polar surface area (TPSA) is 89.3 Å². The lowest BCUT2D eigenvalue weighted by atomic mass is 10.1. The van der Waals surface area contributed by atoms with E-state index in [2.05, 4.69) is 5.32 Å². The second kappa shape index (κ2) is 6.37. The fourth-order valence-electron chi connectivity index (χ4n) is 2.35. The van der Waals surface area contributed by atoms with E-state index in [-0.39, 0.29) is 11.7 Å². The van der Waals surface area contributed by atoms with Crippen LogP contribution in [0.25, 0.3) is 0 Å². The lowest BCUT2D eigenvalue weighted by Crippen LogP contribution is -2.42. The van der Waals surface area contributed by atoms with Gasteiger partial charge in [-0.2, -0.15) is 0 Å². The number of benzene rings is 1. The van der Waals surface area contributed by atoms with Crippen molar-refractivity contribution in [2.24, 2.45) is 5.73 Å². The molecule has 1 aliphatic heterocycles. The molecule has 3 N–H and O–H groups in total. The van der Waals surface area contributed by atoms with Gasteiger partial charge in [0.25, 0.3) is 0 Å². The van der Waals surface area contributed by atoms with Gasteiger partial charge in [0.15, 0.2) is 9.84 Å². The van der Waals surface area contributed by atoms with Crippen LogP contribution in [-0.4, -0.2) is 25.3 Å². The third-order valence-corrected chi connectivity index (χ3v) is 5.77. The van der Waals surface area contributed by atoms with Crippen LogP contribution in [0.3, 0.4) is 0 Å². The highest BCUT2D eigenvalue weighted by Crippen LogP contribution is 2.19. The normalized spacial score (nSPS) is 21.4. The first-order valence-electron chi connectivity index (χ1n) is 6.80. The van der Waals surface area contributed by atoms with Crippen LogP contribution in [0.1, 0.15) is 30.4 Å². The Morgan fingerprint density at radius 3 is 2.45 bits per heavy atom. The van der Waals surface area contributed by atoms with Gasteiger partial charge >= 0.3 is 0 Å². The van der Waals surface area contributed by atoms with Crippen molar-refractivity contribution in [3.63, 3.8) is 0 Å². The molecule has 0 radical (unpaired) electrons. The second-order valence-corrected chi connectivity index (χ2v) is 7.39. The zero-order chi connectivity index (χ0) is 14.6. The maximum atomic E-state index is 12.0. The van der Waals surface area contributed by atoms with Crippen molar-refractivity contribution in [1.82, 2.24) is 5.32 Å². The van der Waals surface area contributed by atoms with E-state index in [0.29, 0.717) is 25.9 Å². The summed E-state index contributed by atoms with van der Waals surface area (Å²) < 4.78 is 23.7. The molecule has 6 heteroatoms. The Morgan fingerprint density at radius 1 is 1.20 bits per heavy atom. The predicted molar refractivity (Wildman–Crippen MR) is 77.6 cm³/mol. The molecule has 1 amide bonds. The van der Waals surface area contributed by atoms with Crippen molar-refractivity contribution >= 4 is 15.7 Å². The van der Waals surface area contributed by atoms with Crippen LogP contribution in [0.4, 0.5) is 0 Å². The summed E-state index contributed by atoms with van der Waals surface area (Å²) in [6.07, 6.45) is 1.88. The Bertz CT molecular complexity index is 567. The van der Waals surface area contributed by atoms with E-state index in [0.717, 1.165) is 17.5 Å². The molecule has 110 valence electrons. The first-order chi connectivity index (χ1) is 9.53. The molecule has 2 rings (SSSR count). The fraction of sp³-hybridized carbons (Fsp3) is 0.500. The molecule has 0 aromatic heterocycles. The molecular weight excluding hydrogens is 276 g/mol. The number of hydrogen-bond donors (Lipinski definition) is 2. The SMILES string of the molecule is NCc1ccc(CNC(=O)C2CCCCS2(=O)=O)cc1. The molecule has 1 fully saturated rings. The number of carbonyl (C=O) groups excluding carboxylic acids is 1. The maximum absolute atomic E-state index is 12.0. The average molecular weight is 296 g/mol. The van der Waals surface area contributed by atoms with Crippen molar-refractivity contribution in [1.29, 1.82) is 0 Å². The third kappa shape index (κ3) is 3.58. The third-order valence-electron chi connectivity index (χ3n) is 3.60. The van der Waals surface area contributed by atoms with E-state index >= 15 is 0 Å². The van der Waals surface area contributed by atoms with Gasteiger partial charge in [-0.3, -0.25) is 4.79 Å². The highest BCUT2D eigenvalue weighted by atomic mass is 32.2. The Labute approximate surface area is 119 Å². The van der Waals surface area contributed by atoms with Gasteiger partial charge in [0.05, 0.1) is 5.75 Å². The lowest BCUT2D eigenvalue weighted by Gasteiger charge is -2.21. The van der Waals surface area contributed by atoms with Crippen LogP contribution >= 0.6 is 0 Å². The predicted octanol–water partition coefficient (Wildman–Crippen LogP) is 0.729. The number of hydrogen-bond acceptors (Lipinski definition) is 4. The van der Waals surface area contributed by atoms with Crippen molar-refractivity contribution in [3.8, 4) is 0 Å². The molecule has 1 saturated heterocycles. The van der Waals surface area contributed by atoms with Crippen molar-refractivity contribution in [2.75, 3.05) is 5.75 Å². The first-order valence-corrected chi connectivity index (χ1v) is 8.51. The molecule has 1 unspecified atom stereocenters. The molecular formula is C14H20N2O3S. The molecule has 1 atom stereocenters. The standard InChI is InChI=1S/C14H20N2O3S/c15-9-11-4-6-12(7-5-11)10-16-14(17)13-3-1-2-8-20(13,18)19/h4-7,13H,1-3,8-10,15H2,(H,16,17). The largest absolute Gasteiger partial charge is 0.351 e. The number of amides is 1. The number of nitrogens with two attached hydrogens (primary N) is 1. The molecule has 0 spiro atoms. The second-order valence-electron chi connectivity index (χ2n) is 5.09. The van der Waals surface area contributed by atoms with Crippen LogP contribution in [0.2, 0.25) is 0 Å². The molecule has 20 heavy (non-hydrogen) atoms. The minimum atomic E-state index is -3.27. The summed E-state index contributed by atoms with van der Waals surface area (Å²) in [7, 11) is -3.27. The first kappa shape index (κ1) is 15.0. The van der Waals surface area contributed by atoms with Crippen LogP contribution < -0.4 is 11.1 Å². The molecule has 0 aliphatic carbocycles. The van der Waals surface area contributed by atoms with E-state index in [1.807, 2.05) is 24.3 Å².